The van der Waals surface area contributed by atoms with Gasteiger partial charge in [0.2, 0.25) is 5.91 Å². The molecular weight excluding hydrogens is 210 g/mol. The highest BCUT2D eigenvalue weighted by Gasteiger charge is 2.43. The molecule has 3 rings (SSSR count). The summed E-state index contributed by atoms with van der Waals surface area (Å²) in [7, 11) is 0. The van der Waals surface area contributed by atoms with E-state index in [4.69, 9.17) is 0 Å². The lowest BCUT2D eigenvalue weighted by Gasteiger charge is -2.46. The zero-order valence-electron chi connectivity index (χ0n) is 10.5. The van der Waals surface area contributed by atoms with E-state index in [1.165, 1.54) is 16.7 Å². The Morgan fingerprint density at radius 1 is 1.35 bits per heavy atom. The van der Waals surface area contributed by atoms with Crippen LogP contribution in [0.15, 0.2) is 18.2 Å². The van der Waals surface area contributed by atoms with Gasteiger partial charge in [-0.25, -0.2) is 0 Å². The largest absolute Gasteiger partial charge is 0.352 e. The molecule has 1 N–H and O–H groups in total. The minimum absolute atomic E-state index is 0.148. The van der Waals surface area contributed by atoms with Crippen molar-refractivity contribution in [1.82, 2.24) is 5.32 Å². The van der Waals surface area contributed by atoms with Crippen molar-refractivity contribution < 1.29 is 4.79 Å². The fourth-order valence-electron chi connectivity index (χ4n) is 3.47. The molecule has 2 nitrogen and oxygen atoms in total. The molecular formula is C15H19NO. The summed E-state index contributed by atoms with van der Waals surface area (Å²) < 4.78 is 0. The molecule has 2 heteroatoms. The van der Waals surface area contributed by atoms with Crippen LogP contribution in [0.1, 0.15) is 42.9 Å². The Morgan fingerprint density at radius 2 is 2.18 bits per heavy atom. The number of hydrogen-bond acceptors (Lipinski definition) is 1. The summed E-state index contributed by atoms with van der Waals surface area (Å²) in [6, 6.07) is 7.11. The number of rotatable bonds is 0. The maximum Gasteiger partial charge on any atom is 0.220 e. The first-order chi connectivity index (χ1) is 8.09. The van der Waals surface area contributed by atoms with Crippen LogP contribution in [0.3, 0.4) is 0 Å². The summed E-state index contributed by atoms with van der Waals surface area (Å²) in [5, 5.41) is 3.18. The van der Waals surface area contributed by atoms with Crippen LogP contribution in [0.4, 0.5) is 0 Å². The highest BCUT2D eigenvalue weighted by molar-refractivity contribution is 5.78. The number of hydrogen-bond donors (Lipinski definition) is 1. The van der Waals surface area contributed by atoms with E-state index in [9.17, 15) is 4.79 Å². The van der Waals surface area contributed by atoms with E-state index in [1.807, 2.05) is 0 Å². The molecule has 1 aromatic carbocycles. The average molecular weight is 229 g/mol. The summed E-state index contributed by atoms with van der Waals surface area (Å²) in [6.45, 7) is 4.46. The smallest absolute Gasteiger partial charge is 0.220 e. The predicted molar refractivity (Wildman–Crippen MR) is 68.0 cm³/mol. The maximum absolute atomic E-state index is 11.5. The van der Waals surface area contributed by atoms with Gasteiger partial charge < -0.3 is 5.32 Å². The van der Waals surface area contributed by atoms with Crippen molar-refractivity contribution in [2.75, 3.05) is 0 Å². The fourth-order valence-corrected chi connectivity index (χ4v) is 3.47. The molecule has 2 atom stereocenters. The van der Waals surface area contributed by atoms with Crippen molar-refractivity contribution in [2.24, 2.45) is 0 Å². The molecule has 2 aliphatic rings. The second-order valence-corrected chi connectivity index (χ2v) is 5.74. The first kappa shape index (κ1) is 10.8. The molecule has 1 saturated heterocycles. The van der Waals surface area contributed by atoms with Crippen LogP contribution in [0, 0.1) is 6.92 Å². The van der Waals surface area contributed by atoms with Crippen molar-refractivity contribution in [2.45, 2.75) is 51.0 Å². The molecule has 1 aromatic rings. The summed E-state index contributed by atoms with van der Waals surface area (Å²) in [4.78, 5) is 11.5. The Bertz CT molecular complexity index is 480. The van der Waals surface area contributed by atoms with Gasteiger partial charge in [0.1, 0.15) is 0 Å². The minimum atomic E-state index is 0.148. The van der Waals surface area contributed by atoms with Crippen LogP contribution >= 0.6 is 0 Å². The van der Waals surface area contributed by atoms with Crippen LogP contribution in [-0.2, 0) is 16.6 Å². The normalized spacial score (nSPS) is 31.4. The lowest BCUT2D eigenvalue weighted by atomic mass is 9.64. The summed E-state index contributed by atoms with van der Waals surface area (Å²) in [5.41, 5.74) is 4.43. The van der Waals surface area contributed by atoms with Crippen molar-refractivity contribution in [3.05, 3.63) is 34.9 Å². The van der Waals surface area contributed by atoms with Gasteiger partial charge in [0.15, 0.2) is 0 Å². The van der Waals surface area contributed by atoms with Crippen molar-refractivity contribution in [3.8, 4) is 0 Å². The fraction of sp³-hybridized carbons (Fsp3) is 0.533. The molecule has 0 saturated carbocycles. The molecule has 17 heavy (non-hydrogen) atoms. The zero-order valence-corrected chi connectivity index (χ0v) is 10.5. The van der Waals surface area contributed by atoms with E-state index in [0.29, 0.717) is 12.5 Å². The molecule has 90 valence electrons. The molecule has 1 amide bonds. The Kier molecular flexibility index (Phi) is 2.29. The summed E-state index contributed by atoms with van der Waals surface area (Å²) >= 11 is 0. The van der Waals surface area contributed by atoms with E-state index in [0.717, 1.165) is 19.3 Å². The Balaban J connectivity index is 2.07. The summed E-state index contributed by atoms with van der Waals surface area (Å²) in [6.07, 6.45) is 3.83. The molecule has 1 heterocycles. The van der Waals surface area contributed by atoms with Crippen LogP contribution in [0.5, 0.6) is 0 Å². The second-order valence-electron chi connectivity index (χ2n) is 5.74. The third kappa shape index (κ3) is 1.58. The van der Waals surface area contributed by atoms with E-state index in [1.54, 1.807) is 0 Å². The van der Waals surface area contributed by atoms with Crippen molar-refractivity contribution in [3.63, 3.8) is 0 Å². The quantitative estimate of drug-likeness (QED) is 0.727. The SMILES string of the molecule is Cc1ccc2c(c1)CC[C@H]1NC(=O)CCC21C. The Labute approximate surface area is 102 Å². The van der Waals surface area contributed by atoms with E-state index in [-0.39, 0.29) is 11.3 Å². The molecule has 0 bridgehead atoms. The predicted octanol–water partition coefficient (Wildman–Crippen LogP) is 2.48. The first-order valence-corrected chi connectivity index (χ1v) is 6.49. The lowest BCUT2D eigenvalue weighted by molar-refractivity contribution is -0.125. The first-order valence-electron chi connectivity index (χ1n) is 6.49. The van der Waals surface area contributed by atoms with Gasteiger partial charge in [0, 0.05) is 17.9 Å². The molecule has 1 aliphatic carbocycles. The van der Waals surface area contributed by atoms with Crippen LogP contribution in [-0.4, -0.2) is 11.9 Å². The van der Waals surface area contributed by atoms with Gasteiger partial charge >= 0.3 is 0 Å². The third-order valence-electron chi connectivity index (χ3n) is 4.55. The minimum Gasteiger partial charge on any atom is -0.352 e. The number of nitrogens with one attached hydrogen (secondary N) is 1. The van der Waals surface area contributed by atoms with E-state index < -0.39 is 0 Å². The van der Waals surface area contributed by atoms with Gasteiger partial charge in [0.25, 0.3) is 0 Å². The van der Waals surface area contributed by atoms with E-state index in [2.05, 4.69) is 37.4 Å². The van der Waals surface area contributed by atoms with Gasteiger partial charge in [-0.15, -0.1) is 0 Å². The Morgan fingerprint density at radius 3 is 3.00 bits per heavy atom. The van der Waals surface area contributed by atoms with Gasteiger partial charge in [0.05, 0.1) is 0 Å². The van der Waals surface area contributed by atoms with E-state index >= 15 is 0 Å². The molecule has 1 unspecified atom stereocenters. The molecule has 0 spiro atoms. The highest BCUT2D eigenvalue weighted by atomic mass is 16.1. The third-order valence-corrected chi connectivity index (χ3v) is 4.55. The standard InChI is InChI=1S/C15H19NO/c1-10-3-5-12-11(9-10)4-6-13-15(12,2)8-7-14(17)16-13/h3,5,9,13H,4,6-8H2,1-2H3,(H,16,17)/t13-,15?/m1/s1. The van der Waals surface area contributed by atoms with Crippen molar-refractivity contribution >= 4 is 5.91 Å². The summed E-state index contributed by atoms with van der Waals surface area (Å²) in [5.74, 6) is 0.225. The molecule has 0 aromatic heterocycles. The Hall–Kier alpha value is -1.31. The number of piperidine rings is 1. The van der Waals surface area contributed by atoms with Crippen LogP contribution < -0.4 is 5.32 Å². The van der Waals surface area contributed by atoms with Crippen LogP contribution in [0.25, 0.3) is 0 Å². The number of amides is 1. The monoisotopic (exact) mass is 229 g/mol. The van der Waals surface area contributed by atoms with Crippen molar-refractivity contribution in [1.29, 1.82) is 0 Å². The highest BCUT2D eigenvalue weighted by Crippen LogP contribution is 2.42. The number of carbonyl (C=O) groups excluding carboxylic acids is 1. The van der Waals surface area contributed by atoms with Gasteiger partial charge in [-0.3, -0.25) is 4.79 Å². The van der Waals surface area contributed by atoms with Crippen LogP contribution in [0.2, 0.25) is 0 Å². The van der Waals surface area contributed by atoms with Gasteiger partial charge in [-0.2, -0.15) is 0 Å². The molecule has 1 aliphatic heterocycles. The lowest BCUT2D eigenvalue weighted by Crippen LogP contribution is -2.55. The number of aryl methyl sites for hydroxylation is 2. The number of benzene rings is 1. The molecule has 0 radical (unpaired) electrons. The maximum atomic E-state index is 11.5. The number of carbonyl (C=O) groups is 1. The van der Waals surface area contributed by atoms with Gasteiger partial charge in [-0.05, 0) is 37.3 Å². The molecule has 1 fully saturated rings. The second kappa shape index (κ2) is 3.59. The number of fused-ring (bicyclic) bond motifs is 3. The average Bonchev–Trinajstić information content (AvgIpc) is 2.30. The topological polar surface area (TPSA) is 29.1 Å². The van der Waals surface area contributed by atoms with Gasteiger partial charge in [-0.1, -0.05) is 30.7 Å². The zero-order chi connectivity index (χ0) is 12.0.